The largest absolute Gasteiger partial charge is 0.394 e. The summed E-state index contributed by atoms with van der Waals surface area (Å²) >= 11 is 0. The molecule has 17 heavy (non-hydrogen) atoms. The molecule has 0 saturated carbocycles. The maximum Gasteiger partial charge on any atom is 0.293 e. The fourth-order valence-corrected chi connectivity index (χ4v) is 1.40. The molecular formula is C11H13N3O3. The number of hydrogen-bond donors (Lipinski definition) is 1. The number of nitriles is 1. The van der Waals surface area contributed by atoms with Gasteiger partial charge in [0.25, 0.3) is 5.69 Å². The van der Waals surface area contributed by atoms with Gasteiger partial charge >= 0.3 is 0 Å². The quantitative estimate of drug-likeness (QED) is 0.627. The van der Waals surface area contributed by atoms with E-state index in [0.717, 1.165) is 0 Å². The lowest BCUT2D eigenvalue weighted by Gasteiger charge is -2.24. The summed E-state index contributed by atoms with van der Waals surface area (Å²) in [5.41, 5.74) is 0.493. The molecule has 90 valence electrons. The molecule has 0 saturated heterocycles. The standard InChI is InChI=1S/C11H13N3O3/c1-8(7-15)13(2)10-4-3-9(6-12)5-11(10)14(16)17/h3-5,8,15H,7H2,1-2H3. The summed E-state index contributed by atoms with van der Waals surface area (Å²) in [4.78, 5) is 12.0. The van der Waals surface area contributed by atoms with Crippen LogP contribution in [0.15, 0.2) is 18.2 Å². The first-order chi connectivity index (χ1) is 8.01. The number of nitro benzene ring substituents is 1. The van der Waals surface area contributed by atoms with Crippen molar-refractivity contribution in [3.63, 3.8) is 0 Å². The first-order valence-electron chi connectivity index (χ1n) is 5.03. The van der Waals surface area contributed by atoms with E-state index in [4.69, 9.17) is 10.4 Å². The Bertz CT molecular complexity index is 468. The number of aliphatic hydroxyl groups excluding tert-OH is 1. The van der Waals surface area contributed by atoms with Gasteiger partial charge in [0.1, 0.15) is 5.69 Å². The molecule has 0 radical (unpaired) electrons. The molecule has 1 unspecified atom stereocenters. The predicted octanol–water partition coefficient (Wildman–Crippen LogP) is 1.28. The summed E-state index contributed by atoms with van der Waals surface area (Å²) in [6.07, 6.45) is 0. The Labute approximate surface area is 98.9 Å². The summed E-state index contributed by atoms with van der Waals surface area (Å²) in [7, 11) is 1.66. The highest BCUT2D eigenvalue weighted by atomic mass is 16.6. The lowest BCUT2D eigenvalue weighted by molar-refractivity contribution is -0.384. The average molecular weight is 235 g/mol. The molecule has 0 spiro atoms. The number of likely N-dealkylation sites (N-methyl/N-ethyl adjacent to an activating group) is 1. The topological polar surface area (TPSA) is 90.4 Å². The molecule has 0 aromatic heterocycles. The van der Waals surface area contributed by atoms with Crippen LogP contribution in [-0.4, -0.2) is 29.7 Å². The Hall–Kier alpha value is -2.13. The molecular weight excluding hydrogens is 222 g/mol. The molecule has 0 aliphatic carbocycles. The molecule has 6 heteroatoms. The minimum Gasteiger partial charge on any atom is -0.394 e. The maximum atomic E-state index is 10.9. The van der Waals surface area contributed by atoms with Crippen LogP contribution in [-0.2, 0) is 0 Å². The highest BCUT2D eigenvalue weighted by Crippen LogP contribution is 2.29. The van der Waals surface area contributed by atoms with Gasteiger partial charge < -0.3 is 10.0 Å². The molecule has 0 amide bonds. The van der Waals surface area contributed by atoms with Gasteiger partial charge in [-0.3, -0.25) is 10.1 Å². The average Bonchev–Trinajstić information content (AvgIpc) is 2.35. The molecule has 1 N–H and O–H groups in total. The molecule has 0 fully saturated rings. The Morgan fingerprint density at radius 2 is 2.29 bits per heavy atom. The normalized spacial score (nSPS) is 11.6. The minimum atomic E-state index is -0.531. The fraction of sp³-hybridized carbons (Fsp3) is 0.364. The lowest BCUT2D eigenvalue weighted by Crippen LogP contribution is -2.32. The summed E-state index contributed by atoms with van der Waals surface area (Å²) in [6.45, 7) is 1.65. The Morgan fingerprint density at radius 1 is 1.65 bits per heavy atom. The van der Waals surface area contributed by atoms with Crippen LogP contribution < -0.4 is 4.90 Å². The van der Waals surface area contributed by atoms with Gasteiger partial charge in [-0.1, -0.05) is 0 Å². The van der Waals surface area contributed by atoms with Crippen LogP contribution >= 0.6 is 0 Å². The van der Waals surface area contributed by atoms with Gasteiger partial charge in [0.2, 0.25) is 0 Å². The van der Waals surface area contributed by atoms with Crippen molar-refractivity contribution in [3.8, 4) is 6.07 Å². The molecule has 1 rings (SSSR count). The van der Waals surface area contributed by atoms with Crippen LogP contribution in [0, 0.1) is 21.4 Å². The second-order valence-corrected chi connectivity index (χ2v) is 3.71. The number of rotatable bonds is 4. The van der Waals surface area contributed by atoms with E-state index in [1.165, 1.54) is 18.2 Å². The van der Waals surface area contributed by atoms with E-state index in [0.29, 0.717) is 5.69 Å². The maximum absolute atomic E-state index is 10.9. The van der Waals surface area contributed by atoms with Gasteiger partial charge in [0, 0.05) is 19.2 Å². The van der Waals surface area contributed by atoms with Crippen LogP contribution in [0.4, 0.5) is 11.4 Å². The van der Waals surface area contributed by atoms with Crippen LogP contribution in [0.1, 0.15) is 12.5 Å². The van der Waals surface area contributed by atoms with Crippen LogP contribution in [0.5, 0.6) is 0 Å². The van der Waals surface area contributed by atoms with Crippen molar-refractivity contribution in [1.29, 1.82) is 5.26 Å². The van der Waals surface area contributed by atoms with Crippen molar-refractivity contribution < 1.29 is 10.0 Å². The second-order valence-electron chi connectivity index (χ2n) is 3.71. The van der Waals surface area contributed by atoms with Crippen molar-refractivity contribution in [2.24, 2.45) is 0 Å². The minimum absolute atomic E-state index is 0.104. The van der Waals surface area contributed by atoms with Gasteiger partial charge in [-0.15, -0.1) is 0 Å². The van der Waals surface area contributed by atoms with Crippen molar-refractivity contribution >= 4 is 11.4 Å². The second kappa shape index (κ2) is 5.27. The molecule has 0 aliphatic heterocycles. The van der Waals surface area contributed by atoms with Gasteiger partial charge in [-0.2, -0.15) is 5.26 Å². The molecule has 0 aliphatic rings. The number of aliphatic hydroxyl groups is 1. The lowest BCUT2D eigenvalue weighted by atomic mass is 10.1. The predicted molar refractivity (Wildman–Crippen MR) is 62.8 cm³/mol. The molecule has 1 aromatic carbocycles. The highest BCUT2D eigenvalue weighted by Gasteiger charge is 2.20. The van der Waals surface area contributed by atoms with E-state index in [1.807, 2.05) is 6.07 Å². The van der Waals surface area contributed by atoms with E-state index in [1.54, 1.807) is 18.9 Å². The highest BCUT2D eigenvalue weighted by molar-refractivity contribution is 5.65. The van der Waals surface area contributed by atoms with Crippen molar-refractivity contribution in [3.05, 3.63) is 33.9 Å². The number of nitro groups is 1. The Balaban J connectivity index is 3.24. The zero-order valence-corrected chi connectivity index (χ0v) is 9.62. The third kappa shape index (κ3) is 2.71. The number of hydrogen-bond acceptors (Lipinski definition) is 5. The van der Waals surface area contributed by atoms with E-state index >= 15 is 0 Å². The van der Waals surface area contributed by atoms with Crippen molar-refractivity contribution in [2.75, 3.05) is 18.6 Å². The summed E-state index contributed by atoms with van der Waals surface area (Å²) in [5, 5.41) is 28.6. The van der Waals surface area contributed by atoms with Crippen molar-refractivity contribution in [2.45, 2.75) is 13.0 Å². The molecule has 0 heterocycles. The first kappa shape index (κ1) is 12.9. The van der Waals surface area contributed by atoms with Crippen LogP contribution in [0.25, 0.3) is 0 Å². The first-order valence-corrected chi connectivity index (χ1v) is 5.03. The zero-order chi connectivity index (χ0) is 13.0. The van der Waals surface area contributed by atoms with E-state index < -0.39 is 4.92 Å². The van der Waals surface area contributed by atoms with Gasteiger partial charge in [-0.25, -0.2) is 0 Å². The van der Waals surface area contributed by atoms with Gasteiger partial charge in [-0.05, 0) is 19.1 Å². The molecule has 1 atom stereocenters. The monoisotopic (exact) mass is 235 g/mol. The number of anilines is 1. The van der Waals surface area contributed by atoms with E-state index in [9.17, 15) is 10.1 Å². The Kier molecular flexibility index (Phi) is 4.01. The molecule has 1 aromatic rings. The SMILES string of the molecule is CC(CO)N(C)c1ccc(C#N)cc1[N+](=O)[O-]. The third-order valence-electron chi connectivity index (χ3n) is 2.61. The fourth-order valence-electron chi connectivity index (χ4n) is 1.40. The smallest absolute Gasteiger partial charge is 0.293 e. The summed E-state index contributed by atoms with van der Waals surface area (Å²) < 4.78 is 0. The van der Waals surface area contributed by atoms with Crippen molar-refractivity contribution in [1.82, 2.24) is 0 Å². The van der Waals surface area contributed by atoms with Gasteiger partial charge in [0.15, 0.2) is 0 Å². The van der Waals surface area contributed by atoms with Gasteiger partial charge in [0.05, 0.1) is 23.2 Å². The summed E-state index contributed by atoms with van der Waals surface area (Å²) in [6, 6.07) is 5.89. The Morgan fingerprint density at radius 3 is 2.76 bits per heavy atom. The number of nitrogens with zero attached hydrogens (tertiary/aromatic N) is 3. The third-order valence-corrected chi connectivity index (χ3v) is 2.61. The molecule has 6 nitrogen and oxygen atoms in total. The number of benzene rings is 1. The summed E-state index contributed by atoms with van der Waals surface area (Å²) in [5.74, 6) is 0. The zero-order valence-electron chi connectivity index (χ0n) is 9.62. The van der Waals surface area contributed by atoms with Crippen LogP contribution in [0.2, 0.25) is 0 Å². The van der Waals surface area contributed by atoms with E-state index in [-0.39, 0.29) is 23.9 Å². The van der Waals surface area contributed by atoms with E-state index in [2.05, 4.69) is 0 Å². The molecule has 0 bridgehead atoms. The van der Waals surface area contributed by atoms with Crippen LogP contribution in [0.3, 0.4) is 0 Å².